The van der Waals surface area contributed by atoms with Crippen LogP contribution in [-0.2, 0) is 19.6 Å². The maximum absolute atomic E-state index is 12.7. The summed E-state index contributed by atoms with van der Waals surface area (Å²) in [4.78, 5) is 24.4. The monoisotopic (exact) mass is 436 g/mol. The van der Waals surface area contributed by atoms with Gasteiger partial charge in [0.15, 0.2) is 0 Å². The van der Waals surface area contributed by atoms with Crippen LogP contribution in [0.15, 0.2) is 36.4 Å². The number of carbonyl (C=O) groups excluding carboxylic acids is 2. The normalized spacial score (nSPS) is 10.8. The molecule has 2 aromatic rings. The fourth-order valence-corrected chi connectivity index (χ4v) is 3.55. The molecule has 0 saturated heterocycles. The number of aryl methyl sites for hydroxylation is 1. The van der Waals surface area contributed by atoms with Gasteiger partial charge < -0.3 is 19.5 Å². The van der Waals surface area contributed by atoms with E-state index < -0.39 is 28.4 Å². The lowest BCUT2D eigenvalue weighted by Gasteiger charge is -2.24. The largest absolute Gasteiger partial charge is 0.497 e. The SMILES string of the molecule is COC(=O)c1ccc(C)c(NC(=O)CN(c2ccc(OC)cc2OC)S(C)(=O)=O)c1. The molecule has 10 heteroatoms. The fraction of sp³-hybridized carbons (Fsp3) is 0.300. The molecule has 0 spiro atoms. The van der Waals surface area contributed by atoms with E-state index in [0.717, 1.165) is 10.6 Å². The lowest BCUT2D eigenvalue weighted by atomic mass is 10.1. The Labute approximate surface area is 175 Å². The standard InChI is InChI=1S/C20H24N2O7S/c1-13-6-7-14(20(24)29-4)10-16(13)21-19(23)12-22(30(5,25)26)17-9-8-15(27-2)11-18(17)28-3/h6-11H,12H2,1-5H3,(H,21,23). The van der Waals surface area contributed by atoms with Crippen molar-refractivity contribution in [2.24, 2.45) is 0 Å². The van der Waals surface area contributed by atoms with Crippen LogP contribution in [0.2, 0.25) is 0 Å². The highest BCUT2D eigenvalue weighted by atomic mass is 32.2. The number of anilines is 2. The number of hydrogen-bond acceptors (Lipinski definition) is 7. The minimum absolute atomic E-state index is 0.191. The first-order valence-corrected chi connectivity index (χ1v) is 10.6. The van der Waals surface area contributed by atoms with E-state index in [9.17, 15) is 18.0 Å². The second kappa shape index (κ2) is 9.49. The number of esters is 1. The van der Waals surface area contributed by atoms with Gasteiger partial charge in [-0.2, -0.15) is 0 Å². The Kier molecular flexibility index (Phi) is 7.28. The summed E-state index contributed by atoms with van der Waals surface area (Å²) in [6.45, 7) is 1.25. The number of carbonyl (C=O) groups is 2. The molecule has 162 valence electrons. The zero-order valence-electron chi connectivity index (χ0n) is 17.4. The first kappa shape index (κ1) is 23.0. The molecule has 0 fully saturated rings. The van der Waals surface area contributed by atoms with E-state index in [-0.39, 0.29) is 17.0 Å². The molecule has 0 bridgehead atoms. The van der Waals surface area contributed by atoms with Crippen molar-refractivity contribution in [3.8, 4) is 11.5 Å². The topological polar surface area (TPSA) is 111 Å². The number of rotatable bonds is 8. The molecule has 0 unspecified atom stereocenters. The third-order valence-electron chi connectivity index (χ3n) is 4.28. The van der Waals surface area contributed by atoms with E-state index in [0.29, 0.717) is 17.0 Å². The minimum Gasteiger partial charge on any atom is -0.497 e. The molecule has 1 amide bonds. The quantitative estimate of drug-likeness (QED) is 0.632. The number of methoxy groups -OCH3 is 3. The maximum Gasteiger partial charge on any atom is 0.337 e. The Morgan fingerprint density at radius 1 is 1.03 bits per heavy atom. The summed E-state index contributed by atoms with van der Waals surface area (Å²) >= 11 is 0. The lowest BCUT2D eigenvalue weighted by Crippen LogP contribution is -2.37. The average molecular weight is 436 g/mol. The molecule has 2 rings (SSSR count). The number of amides is 1. The maximum atomic E-state index is 12.7. The molecule has 0 aromatic heterocycles. The summed E-state index contributed by atoms with van der Waals surface area (Å²) in [5, 5.41) is 2.64. The van der Waals surface area contributed by atoms with E-state index in [2.05, 4.69) is 10.1 Å². The van der Waals surface area contributed by atoms with Crippen molar-refractivity contribution in [1.29, 1.82) is 0 Å². The van der Waals surface area contributed by atoms with Gasteiger partial charge in [-0.05, 0) is 36.8 Å². The highest BCUT2D eigenvalue weighted by Gasteiger charge is 2.25. The van der Waals surface area contributed by atoms with Gasteiger partial charge in [0.2, 0.25) is 15.9 Å². The van der Waals surface area contributed by atoms with Crippen molar-refractivity contribution in [3.63, 3.8) is 0 Å². The van der Waals surface area contributed by atoms with Gasteiger partial charge in [-0.3, -0.25) is 9.10 Å². The van der Waals surface area contributed by atoms with Gasteiger partial charge in [-0.1, -0.05) is 6.07 Å². The molecule has 0 radical (unpaired) electrons. The third-order valence-corrected chi connectivity index (χ3v) is 5.40. The number of nitrogens with one attached hydrogen (secondary N) is 1. The number of sulfonamides is 1. The van der Waals surface area contributed by atoms with Gasteiger partial charge in [-0.25, -0.2) is 13.2 Å². The fourth-order valence-electron chi connectivity index (χ4n) is 2.69. The molecule has 1 N–H and O–H groups in total. The lowest BCUT2D eigenvalue weighted by molar-refractivity contribution is -0.114. The van der Waals surface area contributed by atoms with Crippen molar-refractivity contribution in [1.82, 2.24) is 0 Å². The summed E-state index contributed by atoms with van der Waals surface area (Å²) < 4.78 is 40.8. The first-order chi connectivity index (χ1) is 14.1. The van der Waals surface area contributed by atoms with E-state index in [1.165, 1.54) is 39.5 Å². The van der Waals surface area contributed by atoms with Crippen molar-refractivity contribution >= 4 is 33.3 Å². The zero-order valence-corrected chi connectivity index (χ0v) is 18.2. The molecule has 2 aromatic carbocycles. The molecule has 9 nitrogen and oxygen atoms in total. The van der Waals surface area contributed by atoms with Crippen LogP contribution in [0.3, 0.4) is 0 Å². The van der Waals surface area contributed by atoms with Gasteiger partial charge in [0.25, 0.3) is 0 Å². The van der Waals surface area contributed by atoms with Crippen molar-refractivity contribution in [2.45, 2.75) is 6.92 Å². The van der Waals surface area contributed by atoms with Gasteiger partial charge in [-0.15, -0.1) is 0 Å². The highest BCUT2D eigenvalue weighted by molar-refractivity contribution is 7.92. The number of nitrogens with zero attached hydrogens (tertiary/aromatic N) is 1. The molecule has 30 heavy (non-hydrogen) atoms. The average Bonchev–Trinajstić information content (AvgIpc) is 2.71. The van der Waals surface area contributed by atoms with Crippen LogP contribution in [0.1, 0.15) is 15.9 Å². The molecule has 0 aliphatic heterocycles. The van der Waals surface area contributed by atoms with Crippen LogP contribution >= 0.6 is 0 Å². The Bertz CT molecular complexity index is 1050. The van der Waals surface area contributed by atoms with Crippen LogP contribution in [0.5, 0.6) is 11.5 Å². The summed E-state index contributed by atoms with van der Waals surface area (Å²) in [6, 6.07) is 9.28. The summed E-state index contributed by atoms with van der Waals surface area (Å²) in [5.74, 6) is -0.435. The number of benzene rings is 2. The van der Waals surface area contributed by atoms with Gasteiger partial charge >= 0.3 is 5.97 Å². The number of ether oxygens (including phenoxy) is 3. The highest BCUT2D eigenvalue weighted by Crippen LogP contribution is 2.33. The smallest absolute Gasteiger partial charge is 0.337 e. The van der Waals surface area contributed by atoms with Crippen LogP contribution in [-0.4, -0.2) is 54.4 Å². The number of hydrogen-bond donors (Lipinski definition) is 1. The molecule has 0 heterocycles. The van der Waals surface area contributed by atoms with Crippen LogP contribution in [0, 0.1) is 6.92 Å². The van der Waals surface area contributed by atoms with Crippen molar-refractivity contribution in [3.05, 3.63) is 47.5 Å². The van der Waals surface area contributed by atoms with Crippen LogP contribution in [0.4, 0.5) is 11.4 Å². The third kappa shape index (κ3) is 5.41. The van der Waals surface area contributed by atoms with Crippen molar-refractivity contribution < 1.29 is 32.2 Å². The molecule has 0 aliphatic rings. The first-order valence-electron chi connectivity index (χ1n) is 8.79. The zero-order chi connectivity index (χ0) is 22.5. The van der Waals surface area contributed by atoms with Gasteiger partial charge in [0, 0.05) is 11.8 Å². The van der Waals surface area contributed by atoms with Crippen LogP contribution < -0.4 is 19.1 Å². The second-order valence-electron chi connectivity index (χ2n) is 6.38. The van der Waals surface area contributed by atoms with E-state index in [4.69, 9.17) is 9.47 Å². The molecular formula is C20H24N2O7S. The predicted octanol–water partition coefficient (Wildman–Crippen LogP) is 2.20. The Hall–Kier alpha value is -3.27. The van der Waals surface area contributed by atoms with Crippen LogP contribution in [0.25, 0.3) is 0 Å². The van der Waals surface area contributed by atoms with Gasteiger partial charge in [0.1, 0.15) is 18.0 Å². The Morgan fingerprint density at radius 3 is 2.30 bits per heavy atom. The van der Waals surface area contributed by atoms with E-state index >= 15 is 0 Å². The molecule has 0 saturated carbocycles. The Balaban J connectivity index is 2.33. The summed E-state index contributed by atoms with van der Waals surface area (Å²) in [6.07, 6.45) is 0.993. The summed E-state index contributed by atoms with van der Waals surface area (Å²) in [7, 11) is 0.304. The molecular weight excluding hydrogens is 412 g/mol. The Morgan fingerprint density at radius 2 is 1.73 bits per heavy atom. The van der Waals surface area contributed by atoms with Crippen molar-refractivity contribution in [2.75, 3.05) is 43.8 Å². The molecule has 0 aliphatic carbocycles. The predicted molar refractivity (Wildman–Crippen MR) is 113 cm³/mol. The second-order valence-corrected chi connectivity index (χ2v) is 8.28. The van der Waals surface area contributed by atoms with E-state index in [1.807, 2.05) is 0 Å². The minimum atomic E-state index is -3.82. The van der Waals surface area contributed by atoms with E-state index in [1.54, 1.807) is 25.1 Å². The van der Waals surface area contributed by atoms with Gasteiger partial charge in [0.05, 0.1) is 38.8 Å². The molecule has 0 atom stereocenters. The summed E-state index contributed by atoms with van der Waals surface area (Å²) in [5.41, 5.74) is 1.52.